The van der Waals surface area contributed by atoms with Gasteiger partial charge < -0.3 is 18.8 Å². The molecule has 182 valence electrons. The minimum atomic E-state index is 0.0261. The summed E-state index contributed by atoms with van der Waals surface area (Å²) in [7, 11) is 0. The van der Waals surface area contributed by atoms with Crippen LogP contribution < -0.4 is 4.90 Å². The predicted molar refractivity (Wildman–Crippen MR) is 145 cm³/mol. The van der Waals surface area contributed by atoms with E-state index in [1.807, 2.05) is 12.1 Å². The second-order valence-electron chi connectivity index (χ2n) is 9.04. The molecule has 0 saturated heterocycles. The van der Waals surface area contributed by atoms with Gasteiger partial charge in [0.25, 0.3) is 0 Å². The van der Waals surface area contributed by atoms with Crippen LogP contribution in [0.15, 0.2) is 69.5 Å². The lowest BCUT2D eigenvalue weighted by molar-refractivity contribution is 0.473. The number of oxazole rings is 1. The number of anilines is 1. The van der Waals surface area contributed by atoms with E-state index < -0.39 is 0 Å². The highest BCUT2D eigenvalue weighted by molar-refractivity contribution is 5.90. The summed E-state index contributed by atoms with van der Waals surface area (Å²) < 4.78 is 11.9. The number of benzene rings is 3. The van der Waals surface area contributed by atoms with E-state index in [4.69, 9.17) is 15.4 Å². The number of fused-ring (bicyclic) bond motifs is 2. The van der Waals surface area contributed by atoms with Gasteiger partial charge in [-0.15, -0.1) is 0 Å². The van der Waals surface area contributed by atoms with Crippen molar-refractivity contribution in [3.8, 4) is 28.5 Å². The molecule has 0 aliphatic carbocycles. The Bertz CT molecular complexity index is 1530. The second kappa shape index (κ2) is 10.2. The highest BCUT2D eigenvalue weighted by atomic mass is 16.4. The van der Waals surface area contributed by atoms with Crippen LogP contribution in [-0.4, -0.2) is 23.2 Å². The Kier molecular flexibility index (Phi) is 6.64. The number of nitrogens with zero attached hydrogens (tertiary/aromatic N) is 3. The third-order valence-electron chi connectivity index (χ3n) is 6.45. The molecule has 6 heteroatoms. The molecule has 5 rings (SSSR count). The van der Waals surface area contributed by atoms with Crippen LogP contribution >= 0.6 is 0 Å². The molecule has 0 saturated carbocycles. The van der Waals surface area contributed by atoms with Gasteiger partial charge in [-0.05, 0) is 61.4 Å². The number of phenols is 1. The second-order valence-corrected chi connectivity index (χ2v) is 9.04. The van der Waals surface area contributed by atoms with E-state index in [1.54, 1.807) is 24.3 Å². The van der Waals surface area contributed by atoms with E-state index in [2.05, 4.69) is 52.8 Å². The first-order valence-corrected chi connectivity index (χ1v) is 12.5. The summed E-state index contributed by atoms with van der Waals surface area (Å²) in [4.78, 5) is 10.4. The van der Waals surface area contributed by atoms with Gasteiger partial charge in [-0.25, -0.2) is 9.83 Å². The number of hydrogen-bond acceptors (Lipinski definition) is 5. The lowest BCUT2D eigenvalue weighted by Crippen LogP contribution is -2.25. The van der Waals surface area contributed by atoms with Gasteiger partial charge >= 0.3 is 0 Å². The van der Waals surface area contributed by atoms with Crippen molar-refractivity contribution in [2.24, 2.45) is 0 Å². The van der Waals surface area contributed by atoms with Crippen LogP contribution in [0.4, 0.5) is 11.4 Å². The molecular formula is C30H29N3O3. The molecule has 0 atom stereocenters. The zero-order valence-corrected chi connectivity index (χ0v) is 20.6. The SMILES string of the molecule is [C-]#[N+]c1ccc2oc(-c3cc4cc(-c5ccc(N(CCCC)CCCC)cc5)oc4cc3O)nc2c1. The number of aromatic hydroxyl groups is 1. The Labute approximate surface area is 210 Å². The van der Waals surface area contributed by atoms with E-state index in [0.717, 1.165) is 29.8 Å². The molecule has 0 fully saturated rings. The van der Waals surface area contributed by atoms with Gasteiger partial charge in [-0.3, -0.25) is 0 Å². The number of aromatic nitrogens is 1. The summed E-state index contributed by atoms with van der Waals surface area (Å²) in [6, 6.07) is 19.0. The summed E-state index contributed by atoms with van der Waals surface area (Å²) in [5.41, 5.74) is 4.92. The molecule has 0 radical (unpaired) electrons. The van der Waals surface area contributed by atoms with Crippen molar-refractivity contribution < 1.29 is 13.9 Å². The third-order valence-corrected chi connectivity index (χ3v) is 6.45. The quantitative estimate of drug-likeness (QED) is 0.214. The summed E-state index contributed by atoms with van der Waals surface area (Å²) >= 11 is 0. The molecule has 36 heavy (non-hydrogen) atoms. The largest absolute Gasteiger partial charge is 0.507 e. The molecule has 5 aromatic rings. The average Bonchev–Trinajstić information content (AvgIpc) is 3.51. The molecule has 0 bridgehead atoms. The topological polar surface area (TPSA) is 67.0 Å². The van der Waals surface area contributed by atoms with E-state index >= 15 is 0 Å². The summed E-state index contributed by atoms with van der Waals surface area (Å²) in [5, 5.41) is 11.5. The van der Waals surface area contributed by atoms with Crippen LogP contribution in [0, 0.1) is 6.57 Å². The first-order valence-electron chi connectivity index (χ1n) is 12.5. The maximum Gasteiger partial charge on any atom is 0.231 e. The van der Waals surface area contributed by atoms with Gasteiger partial charge in [-0.2, -0.15) is 0 Å². The molecule has 2 heterocycles. The predicted octanol–water partition coefficient (Wildman–Crippen LogP) is 8.57. The van der Waals surface area contributed by atoms with Crippen LogP contribution in [0.5, 0.6) is 5.75 Å². The van der Waals surface area contributed by atoms with Crippen LogP contribution in [-0.2, 0) is 0 Å². The standard InChI is InChI=1S/C30H29N3O3/c1-4-6-14-33(15-7-5-2)23-11-8-20(9-12-23)28-17-21-16-24(26(34)19-29(21)35-28)30-32-25-18-22(31-3)10-13-27(25)36-30/h8-13,16-19,34H,4-7,14-15H2,1-2H3. The lowest BCUT2D eigenvalue weighted by atomic mass is 10.1. The average molecular weight is 480 g/mol. The van der Waals surface area contributed by atoms with E-state index in [0.29, 0.717) is 33.8 Å². The maximum atomic E-state index is 10.7. The zero-order chi connectivity index (χ0) is 25.1. The van der Waals surface area contributed by atoms with Crippen molar-refractivity contribution in [2.45, 2.75) is 39.5 Å². The third kappa shape index (κ3) is 4.65. The number of unbranched alkanes of at least 4 members (excludes halogenated alkanes) is 2. The Morgan fingerprint density at radius 3 is 2.33 bits per heavy atom. The van der Waals surface area contributed by atoms with Gasteiger partial charge in [-0.1, -0.05) is 32.8 Å². The smallest absolute Gasteiger partial charge is 0.231 e. The minimum absolute atomic E-state index is 0.0261. The van der Waals surface area contributed by atoms with Crippen LogP contribution in [0.1, 0.15) is 39.5 Å². The molecule has 0 aliphatic heterocycles. The molecule has 0 amide bonds. The molecule has 1 N–H and O–H groups in total. The van der Waals surface area contributed by atoms with E-state index in [9.17, 15) is 5.11 Å². The fourth-order valence-electron chi connectivity index (χ4n) is 4.39. The monoisotopic (exact) mass is 479 g/mol. The maximum absolute atomic E-state index is 10.7. The van der Waals surface area contributed by atoms with Crippen molar-refractivity contribution in [2.75, 3.05) is 18.0 Å². The molecular weight excluding hydrogens is 450 g/mol. The fraction of sp³-hybridized carbons (Fsp3) is 0.267. The molecule has 3 aromatic carbocycles. The van der Waals surface area contributed by atoms with E-state index in [1.165, 1.54) is 31.4 Å². The highest BCUT2D eigenvalue weighted by Crippen LogP contribution is 2.38. The summed E-state index contributed by atoms with van der Waals surface area (Å²) in [5.74, 6) is 1.07. The van der Waals surface area contributed by atoms with Gasteiger partial charge in [0.15, 0.2) is 11.3 Å². The fourth-order valence-corrected chi connectivity index (χ4v) is 4.39. The highest BCUT2D eigenvalue weighted by Gasteiger charge is 2.17. The number of rotatable bonds is 9. The van der Waals surface area contributed by atoms with E-state index in [-0.39, 0.29) is 5.75 Å². The summed E-state index contributed by atoms with van der Waals surface area (Å²) in [6.45, 7) is 13.8. The van der Waals surface area contributed by atoms with Crippen LogP contribution in [0.2, 0.25) is 0 Å². The van der Waals surface area contributed by atoms with Gasteiger partial charge in [0.05, 0.1) is 17.7 Å². The molecule has 0 unspecified atom stereocenters. The van der Waals surface area contributed by atoms with Crippen molar-refractivity contribution >= 4 is 33.4 Å². The molecule has 2 aromatic heterocycles. The van der Waals surface area contributed by atoms with Crippen molar-refractivity contribution in [3.05, 3.63) is 72.1 Å². The number of phenolic OH excluding ortho intramolecular Hbond substituents is 1. The Balaban J connectivity index is 1.44. The summed E-state index contributed by atoms with van der Waals surface area (Å²) in [6.07, 6.45) is 4.73. The Morgan fingerprint density at radius 1 is 0.889 bits per heavy atom. The molecule has 0 aliphatic rings. The first-order chi connectivity index (χ1) is 17.6. The van der Waals surface area contributed by atoms with Crippen molar-refractivity contribution in [1.29, 1.82) is 0 Å². The normalized spacial score (nSPS) is 11.2. The van der Waals surface area contributed by atoms with Gasteiger partial charge in [0, 0.05) is 35.8 Å². The van der Waals surface area contributed by atoms with Crippen LogP contribution in [0.3, 0.4) is 0 Å². The van der Waals surface area contributed by atoms with Gasteiger partial charge in [0.2, 0.25) is 5.89 Å². The zero-order valence-electron chi connectivity index (χ0n) is 20.6. The van der Waals surface area contributed by atoms with Gasteiger partial charge in [0.1, 0.15) is 17.1 Å². The van der Waals surface area contributed by atoms with Crippen molar-refractivity contribution in [1.82, 2.24) is 4.98 Å². The lowest BCUT2D eigenvalue weighted by Gasteiger charge is -2.24. The number of furan rings is 1. The minimum Gasteiger partial charge on any atom is -0.507 e. The Hall–Kier alpha value is -4.24. The van der Waals surface area contributed by atoms with Crippen LogP contribution in [0.25, 0.3) is 49.7 Å². The Morgan fingerprint density at radius 2 is 1.64 bits per heavy atom. The number of hydrogen-bond donors (Lipinski definition) is 1. The first kappa shape index (κ1) is 23.5. The molecule has 6 nitrogen and oxygen atoms in total. The molecule has 0 spiro atoms. The van der Waals surface area contributed by atoms with Crippen molar-refractivity contribution in [3.63, 3.8) is 0 Å².